The third-order valence-electron chi connectivity index (χ3n) is 8.63. The highest BCUT2D eigenvalue weighted by molar-refractivity contribution is 7.99. The molecule has 3 unspecified atom stereocenters. The number of hydrogen-bond acceptors (Lipinski definition) is 9. The van der Waals surface area contributed by atoms with Gasteiger partial charge in [-0.15, -0.1) is 10.2 Å². The molecule has 1 saturated heterocycles. The number of nitrogens with zero attached hydrogens (tertiary/aromatic N) is 3. The number of ether oxygens (including phenoxy) is 2. The van der Waals surface area contributed by atoms with Crippen LogP contribution >= 0.6 is 11.8 Å². The van der Waals surface area contributed by atoms with Crippen LogP contribution in [0, 0.1) is 0 Å². The van der Waals surface area contributed by atoms with Gasteiger partial charge in [0.25, 0.3) is 0 Å². The molecule has 4 aromatic carbocycles. The summed E-state index contributed by atoms with van der Waals surface area (Å²) in [7, 11) is 1.92. The van der Waals surface area contributed by atoms with Crippen LogP contribution in [0.25, 0.3) is 11.1 Å². The Hall–Kier alpha value is -5.01. The van der Waals surface area contributed by atoms with Gasteiger partial charge in [-0.1, -0.05) is 84.6 Å². The molecular formula is C39H42N6O5S. The van der Waals surface area contributed by atoms with Gasteiger partial charge in [-0.25, -0.2) is 0 Å². The third kappa shape index (κ3) is 9.83. The van der Waals surface area contributed by atoms with Crippen LogP contribution in [-0.2, 0) is 39.3 Å². The zero-order chi connectivity index (χ0) is 35.6. The average molecular weight is 707 g/mol. The molecule has 2 heterocycles. The number of rotatable bonds is 14. The summed E-state index contributed by atoms with van der Waals surface area (Å²) >= 11 is 1.60. The smallest absolute Gasteiger partial charge is 0.224 e. The summed E-state index contributed by atoms with van der Waals surface area (Å²) in [6.45, 7) is 0.358. The summed E-state index contributed by atoms with van der Waals surface area (Å²) in [4.78, 5) is 24.9. The van der Waals surface area contributed by atoms with E-state index in [2.05, 4.69) is 33.0 Å². The number of hydrogen-bond donors (Lipinski definition) is 4. The molecular weight excluding hydrogens is 665 g/mol. The molecule has 5 aromatic rings. The summed E-state index contributed by atoms with van der Waals surface area (Å²) < 4.78 is 15.0. The number of para-hydroxylation sites is 2. The summed E-state index contributed by atoms with van der Waals surface area (Å²) in [5.74, 6) is 0.387. The van der Waals surface area contributed by atoms with Gasteiger partial charge >= 0.3 is 0 Å². The van der Waals surface area contributed by atoms with Crippen molar-refractivity contribution in [3.05, 3.63) is 126 Å². The molecule has 3 atom stereocenters. The summed E-state index contributed by atoms with van der Waals surface area (Å²) in [5.41, 5.74) is 12.7. The first-order valence-corrected chi connectivity index (χ1v) is 17.9. The van der Waals surface area contributed by atoms with Crippen molar-refractivity contribution in [2.75, 3.05) is 16.8 Å². The monoisotopic (exact) mass is 706 g/mol. The number of nitrogens with one attached hydrogen (secondary N) is 2. The number of benzene rings is 4. The second-order valence-corrected chi connectivity index (χ2v) is 13.5. The fourth-order valence-electron chi connectivity index (χ4n) is 5.84. The van der Waals surface area contributed by atoms with Crippen molar-refractivity contribution in [1.29, 1.82) is 0 Å². The Morgan fingerprint density at radius 3 is 2.43 bits per heavy atom. The van der Waals surface area contributed by atoms with E-state index in [9.17, 15) is 14.7 Å². The number of carbonyl (C=O) groups is 2. The number of amides is 2. The van der Waals surface area contributed by atoms with E-state index in [1.165, 1.54) is 0 Å². The largest absolute Gasteiger partial charge is 0.397 e. The second kappa shape index (κ2) is 17.3. The molecule has 51 heavy (non-hydrogen) atoms. The van der Waals surface area contributed by atoms with Gasteiger partial charge in [0, 0.05) is 44.2 Å². The Balaban J connectivity index is 1.07. The third-order valence-corrected chi connectivity index (χ3v) is 9.80. The predicted molar refractivity (Wildman–Crippen MR) is 197 cm³/mol. The molecule has 1 fully saturated rings. The number of aromatic nitrogens is 3. The van der Waals surface area contributed by atoms with Crippen molar-refractivity contribution in [3.8, 4) is 11.1 Å². The zero-order valence-corrected chi connectivity index (χ0v) is 29.2. The molecule has 12 heteroatoms. The summed E-state index contributed by atoms with van der Waals surface area (Å²) in [6.07, 6.45) is 2.34. The van der Waals surface area contributed by atoms with Crippen molar-refractivity contribution >= 4 is 35.0 Å². The molecule has 264 valence electrons. The molecule has 0 radical (unpaired) electrons. The van der Waals surface area contributed by atoms with Crippen molar-refractivity contribution in [3.63, 3.8) is 0 Å². The van der Waals surface area contributed by atoms with E-state index < -0.39 is 6.29 Å². The van der Waals surface area contributed by atoms with E-state index in [1.807, 2.05) is 72.3 Å². The summed E-state index contributed by atoms with van der Waals surface area (Å²) in [6, 6.07) is 31.1. The first-order chi connectivity index (χ1) is 24.8. The van der Waals surface area contributed by atoms with Crippen LogP contribution in [0.15, 0.2) is 109 Å². The number of carbonyl (C=O) groups excluding carboxylic acids is 2. The van der Waals surface area contributed by atoms with Crippen LogP contribution in [0.3, 0.4) is 0 Å². The lowest BCUT2D eigenvalue weighted by molar-refractivity contribution is -0.245. The Labute approximate surface area is 301 Å². The van der Waals surface area contributed by atoms with E-state index in [0.29, 0.717) is 36.5 Å². The van der Waals surface area contributed by atoms with Gasteiger partial charge in [-0.05, 0) is 58.5 Å². The Morgan fingerprint density at radius 1 is 0.902 bits per heavy atom. The van der Waals surface area contributed by atoms with Gasteiger partial charge in [-0.2, -0.15) is 0 Å². The quantitative estimate of drug-likeness (QED) is 0.0768. The molecule has 0 aliphatic carbocycles. The van der Waals surface area contributed by atoms with Gasteiger partial charge in [0.15, 0.2) is 11.4 Å². The fourth-order valence-corrected chi connectivity index (χ4v) is 6.75. The number of nitrogens with two attached hydrogens (primary N) is 1. The van der Waals surface area contributed by atoms with Crippen molar-refractivity contribution in [2.24, 2.45) is 7.05 Å². The van der Waals surface area contributed by atoms with Crippen molar-refractivity contribution in [2.45, 2.75) is 62.5 Å². The number of aryl methyl sites for hydroxylation is 1. The summed E-state index contributed by atoms with van der Waals surface area (Å²) in [5, 5.41) is 24.3. The molecule has 2 amide bonds. The normalized spacial score (nSPS) is 17.2. The number of aliphatic hydroxyl groups is 1. The maximum absolute atomic E-state index is 12.6. The molecule has 0 saturated carbocycles. The minimum Gasteiger partial charge on any atom is -0.397 e. The number of anilines is 2. The topological polar surface area (TPSA) is 154 Å². The molecule has 5 N–H and O–H groups in total. The van der Waals surface area contributed by atoms with Crippen LogP contribution in [-0.4, -0.2) is 43.5 Å². The first-order valence-electron chi connectivity index (χ1n) is 16.9. The van der Waals surface area contributed by atoms with E-state index in [0.717, 1.165) is 38.5 Å². The highest BCUT2D eigenvalue weighted by Crippen LogP contribution is 2.40. The maximum Gasteiger partial charge on any atom is 0.224 e. The highest BCUT2D eigenvalue weighted by atomic mass is 32.2. The van der Waals surface area contributed by atoms with Gasteiger partial charge in [0.1, 0.15) is 6.33 Å². The number of thioether (sulfide) groups is 1. The van der Waals surface area contributed by atoms with Crippen LogP contribution in [0.5, 0.6) is 0 Å². The molecule has 1 aromatic heterocycles. The van der Waals surface area contributed by atoms with Gasteiger partial charge in [0.2, 0.25) is 11.8 Å². The first kappa shape index (κ1) is 35.8. The highest BCUT2D eigenvalue weighted by Gasteiger charge is 2.32. The van der Waals surface area contributed by atoms with Crippen LogP contribution in [0.1, 0.15) is 60.3 Å². The SMILES string of the molecule is Cn1cnnc1SCC1CC(c2ccc(CO)cc2)OC(c2cccc(-c3cccc(CNC(=O)CCCC(=O)Nc4ccccc4N)c3)c2)O1. The molecule has 1 aliphatic heterocycles. The predicted octanol–water partition coefficient (Wildman–Crippen LogP) is 6.32. The van der Waals surface area contributed by atoms with Crippen molar-refractivity contribution < 1.29 is 24.2 Å². The van der Waals surface area contributed by atoms with Crippen LogP contribution in [0.4, 0.5) is 11.4 Å². The average Bonchev–Trinajstić information content (AvgIpc) is 3.58. The Bertz CT molecular complexity index is 1930. The molecule has 0 spiro atoms. The Kier molecular flexibility index (Phi) is 12.1. The lowest BCUT2D eigenvalue weighted by Gasteiger charge is -2.36. The lowest BCUT2D eigenvalue weighted by Crippen LogP contribution is -2.31. The van der Waals surface area contributed by atoms with Gasteiger partial charge in [0.05, 0.1) is 30.2 Å². The number of nitrogen functional groups attached to an aromatic ring is 1. The number of aliphatic hydroxyl groups excluding tert-OH is 1. The minimum atomic E-state index is -0.596. The molecule has 6 rings (SSSR count). The molecule has 0 bridgehead atoms. The zero-order valence-electron chi connectivity index (χ0n) is 28.4. The second-order valence-electron chi connectivity index (χ2n) is 12.5. The molecule has 11 nitrogen and oxygen atoms in total. The lowest BCUT2D eigenvalue weighted by atomic mass is 9.99. The Morgan fingerprint density at radius 2 is 1.67 bits per heavy atom. The van der Waals surface area contributed by atoms with Gasteiger partial charge in [-0.3, -0.25) is 9.59 Å². The van der Waals surface area contributed by atoms with Crippen LogP contribution in [0.2, 0.25) is 0 Å². The van der Waals surface area contributed by atoms with E-state index >= 15 is 0 Å². The minimum absolute atomic E-state index is 0.0128. The maximum atomic E-state index is 12.6. The standard InChI is InChI=1S/C39H42N6O5S/c1-45-25-42-44-39(45)51-24-32-21-35(28-17-15-26(23-46)16-18-28)50-38(49-32)31-10-5-9-30(20-31)29-8-4-7-27(19-29)22-41-36(47)13-6-14-37(48)43-34-12-3-2-11-33(34)40/h2-5,7-12,15-20,25,32,35,38,46H,6,13-14,21-24,40H2,1H3,(H,41,47)(H,43,48). The van der Waals surface area contributed by atoms with Crippen LogP contribution < -0.4 is 16.4 Å². The fraction of sp³-hybridized carbons (Fsp3) is 0.282. The molecule has 1 aliphatic rings. The van der Waals surface area contributed by atoms with Crippen molar-refractivity contribution in [1.82, 2.24) is 20.1 Å². The van der Waals surface area contributed by atoms with E-state index in [1.54, 1.807) is 42.4 Å². The van der Waals surface area contributed by atoms with E-state index in [4.69, 9.17) is 15.2 Å². The van der Waals surface area contributed by atoms with E-state index in [-0.39, 0.29) is 43.5 Å². The van der Waals surface area contributed by atoms with Gasteiger partial charge < -0.3 is 35.5 Å².